The third-order valence-corrected chi connectivity index (χ3v) is 6.24. The van der Waals surface area contributed by atoms with E-state index in [0.717, 1.165) is 23.0 Å². The Hall–Kier alpha value is -4.11. The third-order valence-electron chi connectivity index (χ3n) is 5.95. The van der Waals surface area contributed by atoms with Crippen LogP contribution in [0, 0.1) is 23.4 Å². The van der Waals surface area contributed by atoms with Gasteiger partial charge in [0.2, 0.25) is 5.91 Å². The van der Waals surface area contributed by atoms with E-state index in [1.165, 1.54) is 36.4 Å². The lowest BCUT2D eigenvalue weighted by atomic mass is 10.1. The smallest absolute Gasteiger partial charge is 0.266 e. The zero-order chi connectivity index (χ0) is 24.7. The highest BCUT2D eigenvalue weighted by atomic mass is 32.1. The van der Waals surface area contributed by atoms with E-state index in [1.807, 2.05) is 13.0 Å². The van der Waals surface area contributed by atoms with Crippen molar-refractivity contribution in [2.45, 2.75) is 19.8 Å². The second-order valence-electron chi connectivity index (χ2n) is 8.53. The molecule has 3 aromatic carbocycles. The number of halogens is 1. The molecule has 0 aliphatic heterocycles. The van der Waals surface area contributed by atoms with Crippen molar-refractivity contribution in [1.29, 1.82) is 0 Å². The van der Waals surface area contributed by atoms with Crippen LogP contribution in [0.25, 0.3) is 16.6 Å². The summed E-state index contributed by atoms with van der Waals surface area (Å²) in [5.74, 6) is -0.911. The Balaban J connectivity index is 1.45. The van der Waals surface area contributed by atoms with Crippen molar-refractivity contribution in [2.75, 3.05) is 10.6 Å². The molecule has 2 amide bonds. The van der Waals surface area contributed by atoms with Crippen LogP contribution in [0.4, 0.5) is 15.8 Å². The van der Waals surface area contributed by atoms with Gasteiger partial charge in [-0.2, -0.15) is 0 Å². The summed E-state index contributed by atoms with van der Waals surface area (Å²) in [4.78, 5) is 41.1. The molecule has 176 valence electrons. The van der Waals surface area contributed by atoms with Gasteiger partial charge in [-0.15, -0.1) is 0 Å². The number of anilines is 2. The number of para-hydroxylation sites is 1. The molecule has 0 radical (unpaired) electrons. The van der Waals surface area contributed by atoms with Crippen LogP contribution in [0.3, 0.4) is 0 Å². The molecule has 1 fully saturated rings. The van der Waals surface area contributed by atoms with Gasteiger partial charge in [-0.3, -0.25) is 14.4 Å². The first-order chi connectivity index (χ1) is 16.8. The maximum Gasteiger partial charge on any atom is 0.266 e. The van der Waals surface area contributed by atoms with E-state index in [0.29, 0.717) is 22.5 Å². The van der Waals surface area contributed by atoms with Crippen LogP contribution in [0.15, 0.2) is 65.5 Å². The summed E-state index contributed by atoms with van der Waals surface area (Å²) < 4.78 is 15.4. The van der Waals surface area contributed by atoms with Crippen LogP contribution in [-0.2, 0) is 4.79 Å². The zero-order valence-corrected chi connectivity index (χ0v) is 19.5. The van der Waals surface area contributed by atoms with Crippen molar-refractivity contribution in [3.05, 3.63) is 92.7 Å². The predicted molar refractivity (Wildman–Crippen MR) is 135 cm³/mol. The SMILES string of the molecule is Cc1ccc(NC(=O)C2CC2)cc1NC(=O)c1ccc2c(=O)n(-c3ccccc3F)c(=S)[nH]c2c1. The van der Waals surface area contributed by atoms with E-state index in [9.17, 15) is 18.8 Å². The number of nitrogens with zero attached hydrogens (tertiary/aromatic N) is 1. The normalized spacial score (nSPS) is 13.0. The van der Waals surface area contributed by atoms with E-state index in [-0.39, 0.29) is 27.7 Å². The number of hydrogen-bond donors (Lipinski definition) is 3. The zero-order valence-electron chi connectivity index (χ0n) is 18.7. The Bertz CT molecular complexity index is 1620. The first-order valence-electron chi connectivity index (χ1n) is 11.1. The van der Waals surface area contributed by atoms with Crippen LogP contribution in [0.1, 0.15) is 28.8 Å². The molecule has 3 N–H and O–H groups in total. The fraction of sp³-hybridized carbons (Fsp3) is 0.154. The van der Waals surface area contributed by atoms with Crippen LogP contribution < -0.4 is 16.2 Å². The molecule has 5 rings (SSSR count). The number of benzene rings is 3. The molecule has 1 aliphatic carbocycles. The Morgan fingerprint density at radius 2 is 1.83 bits per heavy atom. The first kappa shape index (κ1) is 22.7. The molecule has 0 unspecified atom stereocenters. The molecule has 1 aromatic heterocycles. The molecule has 1 heterocycles. The summed E-state index contributed by atoms with van der Waals surface area (Å²) in [7, 11) is 0. The number of fused-ring (bicyclic) bond motifs is 1. The van der Waals surface area contributed by atoms with Crippen LogP contribution in [-0.4, -0.2) is 21.4 Å². The number of aryl methyl sites for hydroxylation is 1. The van der Waals surface area contributed by atoms with Gasteiger partial charge in [0, 0.05) is 22.9 Å². The maximum absolute atomic E-state index is 14.3. The minimum atomic E-state index is -0.574. The van der Waals surface area contributed by atoms with Gasteiger partial charge < -0.3 is 15.6 Å². The van der Waals surface area contributed by atoms with Crippen molar-refractivity contribution in [3.63, 3.8) is 0 Å². The summed E-state index contributed by atoms with van der Waals surface area (Å²) in [5.41, 5.74) is 2.23. The van der Waals surface area contributed by atoms with Crippen molar-refractivity contribution in [3.8, 4) is 5.69 Å². The molecular weight excluding hydrogens is 467 g/mol. The van der Waals surface area contributed by atoms with Crippen LogP contribution >= 0.6 is 12.2 Å². The minimum Gasteiger partial charge on any atom is -0.331 e. The molecule has 0 spiro atoms. The summed E-state index contributed by atoms with van der Waals surface area (Å²) in [6, 6.07) is 15.8. The number of amides is 2. The molecule has 7 nitrogen and oxygen atoms in total. The number of hydrogen-bond acceptors (Lipinski definition) is 4. The summed E-state index contributed by atoms with van der Waals surface area (Å²) >= 11 is 5.32. The molecule has 35 heavy (non-hydrogen) atoms. The molecule has 9 heteroatoms. The number of aromatic nitrogens is 2. The van der Waals surface area contributed by atoms with Gasteiger partial charge in [0.25, 0.3) is 11.5 Å². The second kappa shape index (κ2) is 8.92. The monoisotopic (exact) mass is 488 g/mol. The van der Waals surface area contributed by atoms with E-state index < -0.39 is 17.3 Å². The number of aromatic amines is 1. The number of H-pyrrole nitrogens is 1. The van der Waals surface area contributed by atoms with Crippen LogP contribution in [0.2, 0.25) is 0 Å². The molecule has 1 saturated carbocycles. The highest BCUT2D eigenvalue weighted by Crippen LogP contribution is 2.31. The van der Waals surface area contributed by atoms with Gasteiger partial charge in [-0.05, 0) is 80.0 Å². The van der Waals surface area contributed by atoms with E-state index in [1.54, 1.807) is 18.2 Å². The predicted octanol–water partition coefficient (Wildman–Crippen LogP) is 5.10. The average molecular weight is 489 g/mol. The lowest BCUT2D eigenvalue weighted by molar-refractivity contribution is -0.117. The van der Waals surface area contributed by atoms with Gasteiger partial charge in [0.1, 0.15) is 5.82 Å². The van der Waals surface area contributed by atoms with Gasteiger partial charge in [0.05, 0.1) is 16.6 Å². The number of rotatable bonds is 5. The second-order valence-corrected chi connectivity index (χ2v) is 8.92. The Morgan fingerprint density at radius 1 is 1.06 bits per heavy atom. The Morgan fingerprint density at radius 3 is 2.57 bits per heavy atom. The molecular formula is C26H21FN4O3S. The van der Waals surface area contributed by atoms with E-state index >= 15 is 0 Å². The molecule has 1 aliphatic rings. The molecule has 0 atom stereocenters. The minimum absolute atomic E-state index is 0.0140. The summed E-state index contributed by atoms with van der Waals surface area (Å²) in [6.45, 7) is 1.85. The van der Waals surface area contributed by atoms with Gasteiger partial charge in [-0.25, -0.2) is 8.96 Å². The first-order valence-corrected chi connectivity index (χ1v) is 11.5. The standard InChI is InChI=1S/C26H21FN4O3S/c1-14-6-10-17(28-23(32)15-7-8-15)13-20(14)29-24(33)16-9-11-18-21(12-16)30-26(35)31(25(18)34)22-5-3-2-4-19(22)27/h2-6,9-13,15H,7-8H2,1H3,(H,28,32)(H,29,33)(H,30,35). The maximum atomic E-state index is 14.3. The van der Waals surface area contributed by atoms with Gasteiger partial charge in [0.15, 0.2) is 4.77 Å². The number of carbonyl (C=O) groups excluding carboxylic acids is 2. The largest absolute Gasteiger partial charge is 0.331 e. The molecule has 4 aromatic rings. The highest BCUT2D eigenvalue weighted by Gasteiger charge is 2.29. The average Bonchev–Trinajstić information content (AvgIpc) is 3.68. The molecule has 0 bridgehead atoms. The van der Waals surface area contributed by atoms with Crippen molar-refractivity contribution < 1.29 is 14.0 Å². The molecule has 0 saturated heterocycles. The fourth-order valence-corrected chi connectivity index (χ4v) is 4.12. The van der Waals surface area contributed by atoms with Crippen molar-refractivity contribution in [1.82, 2.24) is 9.55 Å². The third kappa shape index (κ3) is 4.50. The summed E-state index contributed by atoms with van der Waals surface area (Å²) in [5, 5.41) is 6.00. The van der Waals surface area contributed by atoms with E-state index in [2.05, 4.69) is 15.6 Å². The topological polar surface area (TPSA) is 96.0 Å². The van der Waals surface area contributed by atoms with Crippen molar-refractivity contribution >= 4 is 46.3 Å². The number of nitrogens with one attached hydrogen (secondary N) is 3. The van der Waals surface area contributed by atoms with Crippen LogP contribution in [0.5, 0.6) is 0 Å². The lowest BCUT2D eigenvalue weighted by Crippen LogP contribution is -2.22. The quantitative estimate of drug-likeness (QED) is 0.341. The Kier molecular flexibility index (Phi) is 5.78. The van der Waals surface area contributed by atoms with Crippen molar-refractivity contribution in [2.24, 2.45) is 5.92 Å². The fourth-order valence-electron chi connectivity index (χ4n) is 3.83. The Labute approximate surface area is 204 Å². The van der Waals surface area contributed by atoms with Gasteiger partial charge in [-0.1, -0.05) is 18.2 Å². The van der Waals surface area contributed by atoms with E-state index in [4.69, 9.17) is 12.2 Å². The lowest BCUT2D eigenvalue weighted by Gasteiger charge is -2.12. The number of carbonyl (C=O) groups is 2. The van der Waals surface area contributed by atoms with Gasteiger partial charge >= 0.3 is 0 Å². The summed E-state index contributed by atoms with van der Waals surface area (Å²) in [6.07, 6.45) is 1.80. The highest BCUT2D eigenvalue weighted by molar-refractivity contribution is 7.71.